The third kappa shape index (κ3) is 4.53. The molecule has 0 atom stereocenters. The normalized spacial score (nSPS) is 23.0. The van der Waals surface area contributed by atoms with Gasteiger partial charge in [-0.3, -0.25) is 15.0 Å². The summed E-state index contributed by atoms with van der Waals surface area (Å²) in [5.41, 5.74) is 9.76. The van der Waals surface area contributed by atoms with Crippen LogP contribution in [0.2, 0.25) is 0 Å². The number of nitrogens with two attached hydrogens (primary N) is 1. The van der Waals surface area contributed by atoms with Crippen LogP contribution < -0.4 is 16.1 Å². The molecule has 0 unspecified atom stereocenters. The van der Waals surface area contributed by atoms with E-state index in [1.807, 2.05) is 0 Å². The Morgan fingerprint density at radius 3 is 2.24 bits per heavy atom. The van der Waals surface area contributed by atoms with Gasteiger partial charge in [0.25, 0.3) is 0 Å². The minimum absolute atomic E-state index is 0.272. The summed E-state index contributed by atoms with van der Waals surface area (Å²) in [4.78, 5) is 28.5. The molecular weight excluding hydrogens is 373 g/mol. The minimum atomic E-state index is -0.339. The average molecular weight is 404 g/mol. The smallest absolute Gasteiger partial charge is 0.248 e. The molecule has 29 heavy (non-hydrogen) atoms. The van der Waals surface area contributed by atoms with E-state index in [0.717, 1.165) is 56.9 Å². The lowest BCUT2D eigenvalue weighted by atomic mass is 9.98. The second-order valence-corrected chi connectivity index (χ2v) is 8.35. The zero-order valence-electron chi connectivity index (χ0n) is 16.8. The molecule has 0 bridgehead atoms. The first-order chi connectivity index (χ1) is 14.0. The van der Waals surface area contributed by atoms with Crippen molar-refractivity contribution in [3.05, 3.63) is 24.0 Å². The second-order valence-electron chi connectivity index (χ2n) is 8.35. The van der Waals surface area contributed by atoms with E-state index < -0.39 is 0 Å². The van der Waals surface area contributed by atoms with Crippen molar-refractivity contribution in [1.29, 1.82) is 0 Å². The number of rotatable bonds is 4. The predicted octanol–water partition coefficient (Wildman–Crippen LogP) is 2.08. The molecule has 3 fully saturated rings. The zero-order valence-corrected chi connectivity index (χ0v) is 16.8. The zero-order chi connectivity index (χ0) is 20.4. The lowest BCUT2D eigenvalue weighted by molar-refractivity contribution is -0.146. The molecule has 0 radical (unpaired) electrons. The summed E-state index contributed by atoms with van der Waals surface area (Å²) in [6.45, 7) is 3.77. The van der Waals surface area contributed by atoms with E-state index >= 15 is 0 Å². The minimum Gasteiger partial charge on any atom is -0.369 e. The fourth-order valence-electron chi connectivity index (χ4n) is 4.60. The van der Waals surface area contributed by atoms with Gasteiger partial charge in [0.15, 0.2) is 0 Å². The maximum Gasteiger partial charge on any atom is 0.248 e. The third-order valence-corrected chi connectivity index (χ3v) is 6.36. The first kappa shape index (κ1) is 20.1. The van der Waals surface area contributed by atoms with Gasteiger partial charge in [-0.2, -0.15) is 5.01 Å². The number of benzene rings is 1. The topological polar surface area (TPSA) is 81.9 Å². The molecule has 4 rings (SSSR count). The van der Waals surface area contributed by atoms with Crippen LogP contribution >= 0.6 is 0 Å². The number of hydrazine groups is 1. The van der Waals surface area contributed by atoms with Crippen molar-refractivity contribution in [3.8, 4) is 0 Å². The number of amides is 2. The highest BCUT2D eigenvalue weighted by molar-refractivity contribution is 5.98. The molecule has 3 N–H and O–H groups in total. The monoisotopic (exact) mass is 403 g/mol. The van der Waals surface area contributed by atoms with E-state index in [2.05, 4.69) is 15.2 Å². The Bertz CT molecular complexity index is 741. The maximum atomic E-state index is 14.8. The number of nitrogens with one attached hydrogen (secondary N) is 1. The molecule has 3 aliphatic heterocycles. The molecule has 8 heteroatoms. The summed E-state index contributed by atoms with van der Waals surface area (Å²) in [5, 5.41) is 1.01. The fourth-order valence-corrected chi connectivity index (χ4v) is 4.60. The van der Waals surface area contributed by atoms with E-state index in [9.17, 15) is 14.0 Å². The van der Waals surface area contributed by atoms with Crippen molar-refractivity contribution in [3.63, 3.8) is 0 Å². The van der Waals surface area contributed by atoms with E-state index in [1.165, 1.54) is 6.07 Å². The number of anilines is 2. The number of hydrogen-bond acceptors (Lipinski definition) is 6. The molecule has 158 valence electrons. The van der Waals surface area contributed by atoms with Crippen LogP contribution in [0.5, 0.6) is 0 Å². The van der Waals surface area contributed by atoms with Crippen molar-refractivity contribution in [1.82, 2.24) is 9.91 Å². The highest BCUT2D eigenvalue weighted by Gasteiger charge is 2.29. The van der Waals surface area contributed by atoms with E-state index in [0.29, 0.717) is 42.7 Å². The van der Waals surface area contributed by atoms with Gasteiger partial charge in [0.05, 0.1) is 11.4 Å². The van der Waals surface area contributed by atoms with Crippen LogP contribution in [-0.4, -0.2) is 60.0 Å². The fraction of sp³-hybridized carbons (Fsp3) is 0.619. The molecule has 7 nitrogen and oxygen atoms in total. The van der Waals surface area contributed by atoms with Crippen LogP contribution in [0.1, 0.15) is 44.9 Å². The van der Waals surface area contributed by atoms with Crippen LogP contribution in [0.15, 0.2) is 18.2 Å². The molecular formula is C21H30FN5O2. The number of hydrogen-bond donors (Lipinski definition) is 2. The van der Waals surface area contributed by atoms with Crippen LogP contribution in [0.3, 0.4) is 0 Å². The lowest BCUT2D eigenvalue weighted by Crippen LogP contribution is -2.49. The third-order valence-electron chi connectivity index (χ3n) is 6.36. The van der Waals surface area contributed by atoms with Crippen LogP contribution in [0, 0.1) is 5.82 Å². The number of carbonyl (C=O) groups excluding carboxylic acids is 2. The van der Waals surface area contributed by atoms with Crippen molar-refractivity contribution in [2.24, 2.45) is 5.73 Å². The molecule has 3 saturated heterocycles. The van der Waals surface area contributed by atoms with Gasteiger partial charge in [0.2, 0.25) is 11.8 Å². The molecule has 3 aliphatic rings. The Morgan fingerprint density at radius 2 is 1.62 bits per heavy atom. The molecule has 1 aromatic rings. The molecule has 3 heterocycles. The summed E-state index contributed by atoms with van der Waals surface area (Å²) < 4.78 is 14.8. The Hall–Kier alpha value is -2.19. The van der Waals surface area contributed by atoms with E-state index in [-0.39, 0.29) is 17.6 Å². The largest absolute Gasteiger partial charge is 0.369 e. The quantitative estimate of drug-likeness (QED) is 0.749. The van der Waals surface area contributed by atoms with Gasteiger partial charge in [0.1, 0.15) is 5.82 Å². The number of piperidine rings is 3. The average Bonchev–Trinajstić information content (AvgIpc) is 2.72. The van der Waals surface area contributed by atoms with Gasteiger partial charge < -0.3 is 15.5 Å². The summed E-state index contributed by atoms with van der Waals surface area (Å²) in [6.07, 6.45) is 5.39. The SMILES string of the molecule is NC1CCN(C2CCN(c3ccc(NN4C(=O)CCCC4=O)cc3F)CC2)CC1. The van der Waals surface area contributed by atoms with Crippen LogP contribution in [-0.2, 0) is 9.59 Å². The molecule has 2 amide bonds. The molecule has 1 aromatic carbocycles. The number of nitrogens with zero attached hydrogens (tertiary/aromatic N) is 3. The number of carbonyl (C=O) groups is 2. The summed E-state index contributed by atoms with van der Waals surface area (Å²) in [7, 11) is 0. The van der Waals surface area contributed by atoms with E-state index in [4.69, 9.17) is 5.73 Å². The van der Waals surface area contributed by atoms with Gasteiger partial charge in [-0.25, -0.2) is 4.39 Å². The van der Waals surface area contributed by atoms with Gasteiger partial charge in [-0.05, 0) is 57.3 Å². The summed E-state index contributed by atoms with van der Waals surface area (Å²) in [5.74, 6) is -0.882. The molecule has 0 aliphatic carbocycles. The van der Waals surface area contributed by atoms with Crippen LogP contribution in [0.25, 0.3) is 0 Å². The Morgan fingerprint density at radius 1 is 0.966 bits per heavy atom. The van der Waals surface area contributed by atoms with Crippen molar-refractivity contribution in [2.75, 3.05) is 36.5 Å². The van der Waals surface area contributed by atoms with Gasteiger partial charge in [-0.1, -0.05) is 0 Å². The van der Waals surface area contributed by atoms with Crippen molar-refractivity contribution >= 4 is 23.2 Å². The summed E-state index contributed by atoms with van der Waals surface area (Å²) in [6, 6.07) is 5.72. The van der Waals surface area contributed by atoms with Gasteiger partial charge in [0, 0.05) is 44.1 Å². The highest BCUT2D eigenvalue weighted by atomic mass is 19.1. The van der Waals surface area contributed by atoms with Crippen molar-refractivity contribution in [2.45, 2.75) is 57.0 Å². The lowest BCUT2D eigenvalue weighted by Gasteiger charge is -2.42. The number of likely N-dealkylation sites (tertiary alicyclic amines) is 1. The van der Waals surface area contributed by atoms with Gasteiger partial charge in [-0.15, -0.1) is 0 Å². The number of halogens is 1. The maximum absolute atomic E-state index is 14.8. The number of imide groups is 1. The van der Waals surface area contributed by atoms with Gasteiger partial charge >= 0.3 is 0 Å². The molecule has 0 spiro atoms. The second kappa shape index (κ2) is 8.67. The van der Waals surface area contributed by atoms with Crippen LogP contribution in [0.4, 0.5) is 15.8 Å². The summed E-state index contributed by atoms with van der Waals surface area (Å²) >= 11 is 0. The van der Waals surface area contributed by atoms with E-state index in [1.54, 1.807) is 12.1 Å². The molecule has 0 aromatic heterocycles. The highest BCUT2D eigenvalue weighted by Crippen LogP contribution is 2.28. The Balaban J connectivity index is 1.35. The standard InChI is InChI=1S/C21H30FN5O2/c22-18-14-16(24-27-20(28)2-1-3-21(27)29)4-5-19(18)26-12-8-17(9-13-26)25-10-6-15(23)7-11-25/h4-5,14-15,17,24H,1-3,6-13,23H2. The first-order valence-corrected chi connectivity index (χ1v) is 10.7. The predicted molar refractivity (Wildman–Crippen MR) is 110 cm³/mol. The Kier molecular flexibility index (Phi) is 6.01. The van der Waals surface area contributed by atoms with Crippen molar-refractivity contribution < 1.29 is 14.0 Å². The first-order valence-electron chi connectivity index (χ1n) is 10.7. The molecule has 0 saturated carbocycles. The Labute approximate surface area is 171 Å².